The molecule has 0 bridgehead atoms. The van der Waals surface area contributed by atoms with E-state index in [-0.39, 0.29) is 5.88 Å². The SMILES string of the molecule is CCCOc1cccc(-c2nc(O)cc(=O)[nH]2)c1. The van der Waals surface area contributed by atoms with E-state index >= 15 is 0 Å². The van der Waals surface area contributed by atoms with Gasteiger partial charge in [0, 0.05) is 5.56 Å². The summed E-state index contributed by atoms with van der Waals surface area (Å²) in [6.45, 7) is 2.66. The summed E-state index contributed by atoms with van der Waals surface area (Å²) in [4.78, 5) is 17.7. The van der Waals surface area contributed by atoms with Crippen LogP contribution in [-0.2, 0) is 0 Å². The van der Waals surface area contributed by atoms with Gasteiger partial charge in [0.15, 0.2) is 0 Å². The minimum atomic E-state index is -0.391. The van der Waals surface area contributed by atoms with E-state index in [1.54, 1.807) is 12.1 Å². The summed E-state index contributed by atoms with van der Waals surface area (Å²) in [6, 6.07) is 8.23. The van der Waals surface area contributed by atoms with Crippen LogP contribution >= 0.6 is 0 Å². The summed E-state index contributed by atoms with van der Waals surface area (Å²) >= 11 is 0. The number of aromatic hydroxyl groups is 1. The van der Waals surface area contributed by atoms with E-state index in [1.165, 1.54) is 0 Å². The van der Waals surface area contributed by atoms with E-state index < -0.39 is 5.56 Å². The highest BCUT2D eigenvalue weighted by atomic mass is 16.5. The zero-order valence-electron chi connectivity index (χ0n) is 10.0. The fraction of sp³-hybridized carbons (Fsp3) is 0.231. The van der Waals surface area contributed by atoms with Gasteiger partial charge in [-0.15, -0.1) is 0 Å². The van der Waals surface area contributed by atoms with E-state index in [4.69, 9.17) is 4.74 Å². The molecule has 2 aromatic rings. The van der Waals surface area contributed by atoms with Crippen molar-refractivity contribution in [2.24, 2.45) is 0 Å². The van der Waals surface area contributed by atoms with Crippen molar-refractivity contribution >= 4 is 0 Å². The van der Waals surface area contributed by atoms with Crippen LogP contribution in [0.1, 0.15) is 13.3 Å². The van der Waals surface area contributed by atoms with Gasteiger partial charge in [-0.25, -0.2) is 0 Å². The van der Waals surface area contributed by atoms with Gasteiger partial charge in [-0.1, -0.05) is 19.1 Å². The molecule has 94 valence electrons. The van der Waals surface area contributed by atoms with Crippen LogP contribution in [0.2, 0.25) is 0 Å². The van der Waals surface area contributed by atoms with Crippen LogP contribution in [0, 0.1) is 0 Å². The number of ether oxygens (including phenoxy) is 1. The van der Waals surface area contributed by atoms with Crippen molar-refractivity contribution in [1.29, 1.82) is 0 Å². The number of aromatic amines is 1. The number of rotatable bonds is 4. The zero-order valence-corrected chi connectivity index (χ0v) is 10.0. The molecule has 1 heterocycles. The summed E-state index contributed by atoms with van der Waals surface area (Å²) in [5.74, 6) is 0.732. The maximum Gasteiger partial charge on any atom is 0.254 e. The van der Waals surface area contributed by atoms with E-state index in [2.05, 4.69) is 9.97 Å². The standard InChI is InChI=1S/C13H14N2O3/c1-2-6-18-10-5-3-4-9(7-10)13-14-11(16)8-12(17)15-13/h3-5,7-8H,2,6H2,1H3,(H2,14,15,16,17). The fourth-order valence-corrected chi connectivity index (χ4v) is 1.53. The fourth-order valence-electron chi connectivity index (χ4n) is 1.53. The maximum atomic E-state index is 11.3. The van der Waals surface area contributed by atoms with Gasteiger partial charge in [0.2, 0.25) is 5.88 Å². The van der Waals surface area contributed by atoms with Gasteiger partial charge >= 0.3 is 0 Å². The van der Waals surface area contributed by atoms with Crippen molar-refractivity contribution in [2.45, 2.75) is 13.3 Å². The van der Waals surface area contributed by atoms with Gasteiger partial charge in [0.05, 0.1) is 12.7 Å². The van der Waals surface area contributed by atoms with Gasteiger partial charge in [0.25, 0.3) is 5.56 Å². The van der Waals surface area contributed by atoms with Gasteiger partial charge < -0.3 is 14.8 Å². The Kier molecular flexibility index (Phi) is 3.62. The Morgan fingerprint density at radius 1 is 1.39 bits per heavy atom. The lowest BCUT2D eigenvalue weighted by Crippen LogP contribution is -2.06. The first-order chi connectivity index (χ1) is 8.69. The molecule has 5 nitrogen and oxygen atoms in total. The lowest BCUT2D eigenvalue weighted by atomic mass is 10.2. The summed E-state index contributed by atoms with van der Waals surface area (Å²) in [6.07, 6.45) is 0.922. The summed E-state index contributed by atoms with van der Waals surface area (Å²) < 4.78 is 5.50. The molecule has 5 heteroatoms. The van der Waals surface area contributed by atoms with Gasteiger partial charge in [-0.3, -0.25) is 4.79 Å². The molecule has 0 saturated carbocycles. The molecule has 18 heavy (non-hydrogen) atoms. The largest absolute Gasteiger partial charge is 0.494 e. The number of aromatic nitrogens is 2. The van der Waals surface area contributed by atoms with E-state index in [0.29, 0.717) is 23.7 Å². The molecule has 0 radical (unpaired) electrons. The molecule has 0 fully saturated rings. The number of nitrogens with one attached hydrogen (secondary N) is 1. The van der Waals surface area contributed by atoms with Crippen molar-refractivity contribution < 1.29 is 9.84 Å². The van der Waals surface area contributed by atoms with Crippen LogP contribution in [-0.4, -0.2) is 21.7 Å². The topological polar surface area (TPSA) is 75.2 Å². The van der Waals surface area contributed by atoms with Crippen LogP contribution in [0.4, 0.5) is 0 Å². The molecule has 0 amide bonds. The van der Waals surface area contributed by atoms with Crippen LogP contribution in [0.25, 0.3) is 11.4 Å². The molecule has 1 aromatic heterocycles. The second kappa shape index (κ2) is 5.35. The third-order valence-corrected chi connectivity index (χ3v) is 2.31. The molecule has 2 N–H and O–H groups in total. The molecule has 0 atom stereocenters. The maximum absolute atomic E-state index is 11.3. The van der Waals surface area contributed by atoms with Gasteiger partial charge in [0.1, 0.15) is 11.6 Å². The smallest absolute Gasteiger partial charge is 0.254 e. The molecule has 0 aliphatic rings. The second-order valence-electron chi connectivity index (χ2n) is 3.83. The predicted octanol–water partition coefficient (Wildman–Crippen LogP) is 1.93. The lowest BCUT2D eigenvalue weighted by Gasteiger charge is -2.06. The highest BCUT2D eigenvalue weighted by molar-refractivity contribution is 5.57. The predicted molar refractivity (Wildman–Crippen MR) is 67.7 cm³/mol. The van der Waals surface area contributed by atoms with Crippen LogP contribution in [0.15, 0.2) is 35.1 Å². The summed E-state index contributed by atoms with van der Waals surface area (Å²) in [5.41, 5.74) is 0.300. The van der Waals surface area contributed by atoms with Crippen molar-refractivity contribution in [3.05, 3.63) is 40.7 Å². The third kappa shape index (κ3) is 2.88. The highest BCUT2D eigenvalue weighted by Gasteiger charge is 2.04. The molecular formula is C13H14N2O3. The average Bonchev–Trinajstić information content (AvgIpc) is 2.35. The van der Waals surface area contributed by atoms with Crippen LogP contribution in [0.3, 0.4) is 0 Å². The first-order valence-electron chi connectivity index (χ1n) is 5.72. The Balaban J connectivity index is 2.35. The summed E-state index contributed by atoms with van der Waals surface area (Å²) in [7, 11) is 0. The monoisotopic (exact) mass is 246 g/mol. The molecule has 2 rings (SSSR count). The Bertz CT molecular complexity index is 593. The van der Waals surface area contributed by atoms with E-state index in [1.807, 2.05) is 19.1 Å². The van der Waals surface area contributed by atoms with Gasteiger partial charge in [-0.05, 0) is 18.6 Å². The molecule has 0 unspecified atom stereocenters. The normalized spacial score (nSPS) is 10.3. The molecule has 0 aliphatic heterocycles. The number of nitrogens with zero attached hydrogens (tertiary/aromatic N) is 1. The van der Waals surface area contributed by atoms with Crippen molar-refractivity contribution in [3.8, 4) is 23.0 Å². The number of hydrogen-bond donors (Lipinski definition) is 2. The average molecular weight is 246 g/mol. The number of H-pyrrole nitrogens is 1. The summed E-state index contributed by atoms with van der Waals surface area (Å²) in [5, 5.41) is 9.30. The molecule has 1 aromatic carbocycles. The molecule has 0 aliphatic carbocycles. The quantitative estimate of drug-likeness (QED) is 0.864. The second-order valence-corrected chi connectivity index (χ2v) is 3.83. The Morgan fingerprint density at radius 2 is 2.22 bits per heavy atom. The minimum absolute atomic E-state index is 0.298. The zero-order chi connectivity index (χ0) is 13.0. The highest BCUT2D eigenvalue weighted by Crippen LogP contribution is 2.21. The van der Waals surface area contributed by atoms with E-state index in [0.717, 1.165) is 12.5 Å². The molecular weight excluding hydrogens is 232 g/mol. The molecule has 0 spiro atoms. The van der Waals surface area contributed by atoms with Crippen LogP contribution < -0.4 is 10.3 Å². The van der Waals surface area contributed by atoms with Crippen LogP contribution in [0.5, 0.6) is 11.6 Å². The first kappa shape index (κ1) is 12.2. The Labute approximate surface area is 104 Å². The van der Waals surface area contributed by atoms with Crippen molar-refractivity contribution in [2.75, 3.05) is 6.61 Å². The van der Waals surface area contributed by atoms with Crippen molar-refractivity contribution in [3.63, 3.8) is 0 Å². The first-order valence-corrected chi connectivity index (χ1v) is 5.72. The Hall–Kier alpha value is -2.30. The number of hydrogen-bond acceptors (Lipinski definition) is 4. The van der Waals surface area contributed by atoms with Gasteiger partial charge in [-0.2, -0.15) is 4.98 Å². The minimum Gasteiger partial charge on any atom is -0.494 e. The molecule has 0 saturated heterocycles. The van der Waals surface area contributed by atoms with Crippen molar-refractivity contribution in [1.82, 2.24) is 9.97 Å². The Morgan fingerprint density at radius 3 is 2.94 bits per heavy atom. The third-order valence-electron chi connectivity index (χ3n) is 2.31. The number of benzene rings is 1. The van der Waals surface area contributed by atoms with E-state index in [9.17, 15) is 9.90 Å². The lowest BCUT2D eigenvalue weighted by molar-refractivity contribution is 0.317.